The van der Waals surface area contributed by atoms with Gasteiger partial charge in [-0.2, -0.15) is 10.2 Å². The molecule has 1 aromatic carbocycles. The molecular formula is C12H11F2N3. The van der Waals surface area contributed by atoms with E-state index in [9.17, 15) is 8.78 Å². The second-order valence-electron chi connectivity index (χ2n) is 3.76. The van der Waals surface area contributed by atoms with E-state index < -0.39 is 11.6 Å². The molecule has 17 heavy (non-hydrogen) atoms. The molecule has 2 rings (SSSR count). The highest BCUT2D eigenvalue weighted by Gasteiger charge is 2.09. The fraction of sp³-hybridized carbons (Fsp3) is 0.167. The molecule has 1 unspecified atom stereocenters. The summed E-state index contributed by atoms with van der Waals surface area (Å²) in [5.41, 5.74) is 7.22. The minimum atomic E-state index is -0.597. The lowest BCUT2D eigenvalue weighted by Gasteiger charge is -2.11. The van der Waals surface area contributed by atoms with Crippen LogP contribution in [-0.4, -0.2) is 10.2 Å². The minimum absolute atomic E-state index is 0.348. The van der Waals surface area contributed by atoms with Crippen molar-refractivity contribution in [3.63, 3.8) is 0 Å². The van der Waals surface area contributed by atoms with E-state index in [2.05, 4.69) is 10.2 Å². The van der Waals surface area contributed by atoms with Gasteiger partial charge >= 0.3 is 0 Å². The average Bonchev–Trinajstić information content (AvgIpc) is 2.28. The highest BCUT2D eigenvalue weighted by atomic mass is 19.1. The van der Waals surface area contributed by atoms with Crippen LogP contribution >= 0.6 is 0 Å². The third-order valence-electron chi connectivity index (χ3n) is 2.41. The monoisotopic (exact) mass is 235 g/mol. The summed E-state index contributed by atoms with van der Waals surface area (Å²) in [6.07, 6.45) is 3.42. The van der Waals surface area contributed by atoms with Gasteiger partial charge in [0.05, 0.1) is 6.20 Å². The van der Waals surface area contributed by atoms with Crippen molar-refractivity contribution in [3.05, 3.63) is 59.4 Å². The number of rotatable bonds is 3. The highest BCUT2D eigenvalue weighted by Crippen LogP contribution is 2.16. The van der Waals surface area contributed by atoms with E-state index in [-0.39, 0.29) is 6.04 Å². The van der Waals surface area contributed by atoms with Crippen molar-refractivity contribution < 1.29 is 8.78 Å². The zero-order valence-corrected chi connectivity index (χ0v) is 8.98. The van der Waals surface area contributed by atoms with Gasteiger partial charge in [0.2, 0.25) is 0 Å². The Labute approximate surface area is 97.3 Å². The molecule has 0 radical (unpaired) electrons. The Bertz CT molecular complexity index is 482. The van der Waals surface area contributed by atoms with Crippen molar-refractivity contribution in [2.45, 2.75) is 12.5 Å². The van der Waals surface area contributed by atoms with E-state index in [0.29, 0.717) is 12.0 Å². The van der Waals surface area contributed by atoms with Crippen LogP contribution in [0, 0.1) is 11.6 Å². The first-order valence-corrected chi connectivity index (χ1v) is 5.12. The first kappa shape index (κ1) is 11.6. The third kappa shape index (κ3) is 3.04. The number of hydrogen-bond acceptors (Lipinski definition) is 3. The van der Waals surface area contributed by atoms with Gasteiger partial charge in [-0.3, -0.25) is 0 Å². The molecule has 0 amide bonds. The summed E-state index contributed by atoms with van der Waals surface area (Å²) in [6.45, 7) is 0. The second-order valence-corrected chi connectivity index (χ2v) is 3.76. The lowest BCUT2D eigenvalue weighted by molar-refractivity contribution is 0.576. The standard InChI is InChI=1S/C12H11F2N3/c13-10-3-8(4-11(14)6-10)5-12(15)9-1-2-16-17-7-9/h1-4,6-7,12H,5,15H2. The number of aromatic nitrogens is 2. The molecule has 0 aliphatic carbocycles. The van der Waals surface area contributed by atoms with Crippen molar-refractivity contribution in [1.82, 2.24) is 10.2 Å². The maximum absolute atomic E-state index is 13.0. The molecular weight excluding hydrogens is 224 g/mol. The predicted octanol–water partition coefficient (Wildman–Crippen LogP) is 2.00. The number of nitrogens with zero attached hydrogens (tertiary/aromatic N) is 2. The Balaban J connectivity index is 2.16. The van der Waals surface area contributed by atoms with Crippen LogP contribution in [0.5, 0.6) is 0 Å². The molecule has 1 aromatic heterocycles. The molecule has 5 heteroatoms. The van der Waals surface area contributed by atoms with Crippen LogP contribution in [-0.2, 0) is 6.42 Å². The zero-order chi connectivity index (χ0) is 12.3. The number of halogens is 2. The van der Waals surface area contributed by atoms with Crippen molar-refractivity contribution in [1.29, 1.82) is 0 Å². The van der Waals surface area contributed by atoms with E-state index in [4.69, 9.17) is 5.73 Å². The molecule has 0 fully saturated rings. The summed E-state index contributed by atoms with van der Waals surface area (Å²) in [4.78, 5) is 0. The summed E-state index contributed by atoms with van der Waals surface area (Å²) in [7, 11) is 0. The largest absolute Gasteiger partial charge is 0.324 e. The highest BCUT2D eigenvalue weighted by molar-refractivity contribution is 5.22. The van der Waals surface area contributed by atoms with Gasteiger partial charge in [0.1, 0.15) is 11.6 Å². The van der Waals surface area contributed by atoms with Gasteiger partial charge in [-0.1, -0.05) is 0 Å². The van der Waals surface area contributed by atoms with E-state index in [1.165, 1.54) is 18.3 Å². The van der Waals surface area contributed by atoms with Crippen LogP contribution in [0.1, 0.15) is 17.2 Å². The summed E-state index contributed by atoms with van der Waals surface area (Å²) >= 11 is 0. The van der Waals surface area contributed by atoms with Gasteiger partial charge in [-0.05, 0) is 35.7 Å². The number of nitrogens with two attached hydrogens (primary N) is 1. The molecule has 1 heterocycles. The second kappa shape index (κ2) is 4.97. The number of hydrogen-bond donors (Lipinski definition) is 1. The van der Waals surface area contributed by atoms with E-state index in [0.717, 1.165) is 11.6 Å². The third-order valence-corrected chi connectivity index (χ3v) is 2.41. The van der Waals surface area contributed by atoms with Crippen molar-refractivity contribution in [2.24, 2.45) is 5.73 Å². The Morgan fingerprint density at radius 3 is 2.41 bits per heavy atom. The van der Waals surface area contributed by atoms with Crippen LogP contribution in [0.4, 0.5) is 8.78 Å². The Morgan fingerprint density at radius 1 is 1.12 bits per heavy atom. The fourth-order valence-corrected chi connectivity index (χ4v) is 1.62. The quantitative estimate of drug-likeness (QED) is 0.885. The molecule has 1 atom stereocenters. The predicted molar refractivity (Wildman–Crippen MR) is 59.0 cm³/mol. The lowest BCUT2D eigenvalue weighted by atomic mass is 10.0. The Morgan fingerprint density at radius 2 is 1.82 bits per heavy atom. The van der Waals surface area contributed by atoms with Gasteiger partial charge in [-0.25, -0.2) is 8.78 Å². The van der Waals surface area contributed by atoms with E-state index in [1.54, 1.807) is 12.3 Å². The van der Waals surface area contributed by atoms with Gasteiger partial charge in [0, 0.05) is 18.3 Å². The summed E-state index contributed by atoms with van der Waals surface area (Å²) < 4.78 is 26.0. The van der Waals surface area contributed by atoms with Crippen LogP contribution in [0.15, 0.2) is 36.7 Å². The normalized spacial score (nSPS) is 12.4. The molecule has 0 bridgehead atoms. The molecule has 2 aromatic rings. The summed E-state index contributed by atoms with van der Waals surface area (Å²) in [6, 6.07) is 4.76. The Hall–Kier alpha value is -1.88. The summed E-state index contributed by atoms with van der Waals surface area (Å²) in [5.74, 6) is -1.19. The van der Waals surface area contributed by atoms with Crippen molar-refractivity contribution >= 4 is 0 Å². The van der Waals surface area contributed by atoms with Gasteiger partial charge in [-0.15, -0.1) is 0 Å². The topological polar surface area (TPSA) is 51.8 Å². The average molecular weight is 235 g/mol. The molecule has 0 spiro atoms. The van der Waals surface area contributed by atoms with Crippen molar-refractivity contribution in [3.8, 4) is 0 Å². The first-order chi connectivity index (χ1) is 8.15. The van der Waals surface area contributed by atoms with Gasteiger partial charge < -0.3 is 5.73 Å². The fourth-order valence-electron chi connectivity index (χ4n) is 1.62. The van der Waals surface area contributed by atoms with Crippen LogP contribution in [0.25, 0.3) is 0 Å². The zero-order valence-electron chi connectivity index (χ0n) is 8.98. The first-order valence-electron chi connectivity index (χ1n) is 5.12. The molecule has 88 valence electrons. The molecule has 0 aliphatic rings. The van der Waals surface area contributed by atoms with Crippen LogP contribution in [0.2, 0.25) is 0 Å². The smallest absolute Gasteiger partial charge is 0.126 e. The lowest BCUT2D eigenvalue weighted by Crippen LogP contribution is -2.14. The SMILES string of the molecule is NC(Cc1cc(F)cc(F)c1)c1ccnnc1. The van der Waals surface area contributed by atoms with E-state index >= 15 is 0 Å². The maximum Gasteiger partial charge on any atom is 0.126 e. The van der Waals surface area contributed by atoms with Gasteiger partial charge in [0.25, 0.3) is 0 Å². The van der Waals surface area contributed by atoms with Crippen LogP contribution < -0.4 is 5.73 Å². The maximum atomic E-state index is 13.0. The van der Waals surface area contributed by atoms with Crippen LogP contribution in [0.3, 0.4) is 0 Å². The van der Waals surface area contributed by atoms with Gasteiger partial charge in [0.15, 0.2) is 0 Å². The molecule has 2 N–H and O–H groups in total. The summed E-state index contributed by atoms with van der Waals surface area (Å²) in [5, 5.41) is 7.34. The minimum Gasteiger partial charge on any atom is -0.324 e. The number of benzene rings is 1. The van der Waals surface area contributed by atoms with E-state index in [1.807, 2.05) is 0 Å². The molecule has 0 saturated carbocycles. The molecule has 0 saturated heterocycles. The molecule has 0 aliphatic heterocycles. The Kier molecular flexibility index (Phi) is 3.39. The van der Waals surface area contributed by atoms with Crippen molar-refractivity contribution in [2.75, 3.05) is 0 Å². The molecule has 3 nitrogen and oxygen atoms in total.